The summed E-state index contributed by atoms with van der Waals surface area (Å²) in [5.41, 5.74) is 2.46. The SMILES string of the molecule is CN(C)c1cc(C#CCCCCO)ccc1C#N. The summed E-state index contributed by atoms with van der Waals surface area (Å²) in [5, 5.41) is 17.6. The Bertz CT molecular complexity index is 489. The number of nitriles is 1. The van der Waals surface area contributed by atoms with Crippen molar-refractivity contribution in [1.29, 1.82) is 5.26 Å². The van der Waals surface area contributed by atoms with Gasteiger partial charge in [0, 0.05) is 32.7 Å². The maximum absolute atomic E-state index is 9.00. The normalized spacial score (nSPS) is 9.22. The first-order valence-electron chi connectivity index (χ1n) is 6.00. The van der Waals surface area contributed by atoms with E-state index in [0.29, 0.717) is 5.56 Å². The summed E-state index contributed by atoms with van der Waals surface area (Å²) in [6.45, 7) is 0.226. The third-order valence-corrected chi connectivity index (χ3v) is 2.54. The van der Waals surface area contributed by atoms with Gasteiger partial charge in [0.15, 0.2) is 0 Å². The lowest BCUT2D eigenvalue weighted by molar-refractivity contribution is 0.285. The van der Waals surface area contributed by atoms with Gasteiger partial charge in [-0.15, -0.1) is 0 Å². The molecule has 1 aromatic rings. The molecule has 0 bridgehead atoms. The number of anilines is 1. The van der Waals surface area contributed by atoms with Gasteiger partial charge in [-0.2, -0.15) is 5.26 Å². The second-order valence-electron chi connectivity index (χ2n) is 4.22. The Morgan fingerprint density at radius 3 is 2.67 bits per heavy atom. The number of unbranched alkanes of at least 4 members (excludes halogenated alkanes) is 2. The van der Waals surface area contributed by atoms with Crippen LogP contribution >= 0.6 is 0 Å². The van der Waals surface area contributed by atoms with Crippen molar-refractivity contribution in [3.63, 3.8) is 0 Å². The highest BCUT2D eigenvalue weighted by atomic mass is 16.2. The fourth-order valence-electron chi connectivity index (χ4n) is 1.56. The number of aliphatic hydroxyl groups is 1. The van der Waals surface area contributed by atoms with E-state index in [9.17, 15) is 0 Å². The first-order chi connectivity index (χ1) is 8.69. The van der Waals surface area contributed by atoms with Crippen LogP contribution in [0.15, 0.2) is 18.2 Å². The summed E-state index contributed by atoms with van der Waals surface area (Å²) in [5.74, 6) is 6.16. The van der Waals surface area contributed by atoms with E-state index >= 15 is 0 Å². The minimum Gasteiger partial charge on any atom is -0.396 e. The predicted octanol–water partition coefficient (Wildman–Crippen LogP) is 2.14. The smallest absolute Gasteiger partial charge is 0.101 e. The van der Waals surface area contributed by atoms with Gasteiger partial charge in [-0.05, 0) is 31.0 Å². The second kappa shape index (κ2) is 7.37. The van der Waals surface area contributed by atoms with Crippen molar-refractivity contribution in [1.82, 2.24) is 0 Å². The lowest BCUT2D eigenvalue weighted by atomic mass is 10.1. The lowest BCUT2D eigenvalue weighted by Crippen LogP contribution is -2.10. The molecule has 0 aliphatic carbocycles. The number of nitrogens with zero attached hydrogens (tertiary/aromatic N) is 2. The van der Waals surface area contributed by atoms with E-state index in [4.69, 9.17) is 10.4 Å². The van der Waals surface area contributed by atoms with Gasteiger partial charge >= 0.3 is 0 Å². The minimum absolute atomic E-state index is 0.226. The van der Waals surface area contributed by atoms with Crippen LogP contribution in [0.2, 0.25) is 0 Å². The van der Waals surface area contributed by atoms with E-state index in [2.05, 4.69) is 17.9 Å². The molecule has 0 saturated carbocycles. The number of benzene rings is 1. The van der Waals surface area contributed by atoms with E-state index in [1.807, 2.05) is 31.1 Å². The molecule has 1 aromatic carbocycles. The van der Waals surface area contributed by atoms with E-state index in [1.54, 1.807) is 6.07 Å². The van der Waals surface area contributed by atoms with Gasteiger partial charge in [0.05, 0.1) is 11.3 Å². The number of aliphatic hydroxyl groups excluding tert-OH is 1. The zero-order valence-electron chi connectivity index (χ0n) is 10.9. The van der Waals surface area contributed by atoms with Gasteiger partial charge in [0.25, 0.3) is 0 Å². The van der Waals surface area contributed by atoms with Gasteiger partial charge in [0.2, 0.25) is 0 Å². The molecule has 1 N–H and O–H groups in total. The molecule has 3 heteroatoms. The third kappa shape index (κ3) is 4.13. The summed E-state index contributed by atoms with van der Waals surface area (Å²) in [6.07, 6.45) is 2.50. The standard InChI is InChI=1S/C15H18N2O/c1-17(2)15-11-13(8-9-14(15)12-16)7-5-3-4-6-10-18/h8-9,11,18H,3-4,6,10H2,1-2H3. The van der Waals surface area contributed by atoms with Crippen LogP contribution in [-0.2, 0) is 0 Å². The molecular formula is C15H18N2O. The highest BCUT2D eigenvalue weighted by molar-refractivity contribution is 5.62. The molecule has 0 aliphatic rings. The molecule has 94 valence electrons. The Balaban J connectivity index is 2.79. The summed E-state index contributed by atoms with van der Waals surface area (Å²) in [7, 11) is 3.82. The van der Waals surface area contributed by atoms with Gasteiger partial charge < -0.3 is 10.0 Å². The molecule has 0 spiro atoms. The maximum atomic E-state index is 9.00. The average Bonchev–Trinajstić information content (AvgIpc) is 2.38. The molecule has 0 saturated heterocycles. The van der Waals surface area contributed by atoms with Crippen molar-refractivity contribution >= 4 is 5.69 Å². The van der Waals surface area contributed by atoms with Crippen LogP contribution in [-0.4, -0.2) is 25.8 Å². The summed E-state index contributed by atoms with van der Waals surface area (Å²) >= 11 is 0. The van der Waals surface area contributed by atoms with Gasteiger partial charge in [-0.25, -0.2) is 0 Å². The van der Waals surface area contributed by atoms with Crippen LogP contribution in [0.5, 0.6) is 0 Å². The van der Waals surface area contributed by atoms with Gasteiger partial charge in [0.1, 0.15) is 6.07 Å². The summed E-state index contributed by atoms with van der Waals surface area (Å²) < 4.78 is 0. The van der Waals surface area contributed by atoms with Crippen LogP contribution in [0.3, 0.4) is 0 Å². The van der Waals surface area contributed by atoms with E-state index in [1.165, 1.54) is 0 Å². The zero-order chi connectivity index (χ0) is 13.4. The van der Waals surface area contributed by atoms with Crippen LogP contribution < -0.4 is 4.90 Å². The van der Waals surface area contributed by atoms with E-state index in [-0.39, 0.29) is 6.61 Å². The van der Waals surface area contributed by atoms with Crippen LogP contribution in [0.25, 0.3) is 0 Å². The van der Waals surface area contributed by atoms with Crippen LogP contribution in [0.1, 0.15) is 30.4 Å². The molecule has 18 heavy (non-hydrogen) atoms. The molecule has 0 fully saturated rings. The lowest BCUT2D eigenvalue weighted by Gasteiger charge is -2.14. The fourth-order valence-corrected chi connectivity index (χ4v) is 1.56. The number of hydrogen-bond donors (Lipinski definition) is 1. The van der Waals surface area contributed by atoms with Gasteiger partial charge in [-0.1, -0.05) is 11.8 Å². The molecule has 0 aliphatic heterocycles. The van der Waals surface area contributed by atoms with Crippen LogP contribution in [0, 0.1) is 23.2 Å². The van der Waals surface area contributed by atoms with Crippen molar-refractivity contribution in [2.24, 2.45) is 0 Å². The highest BCUT2D eigenvalue weighted by Crippen LogP contribution is 2.19. The molecule has 0 radical (unpaired) electrons. The number of hydrogen-bond acceptors (Lipinski definition) is 3. The molecule has 0 amide bonds. The highest BCUT2D eigenvalue weighted by Gasteiger charge is 2.03. The molecule has 1 rings (SSSR count). The largest absolute Gasteiger partial charge is 0.396 e. The van der Waals surface area contributed by atoms with E-state index < -0.39 is 0 Å². The molecular weight excluding hydrogens is 224 g/mol. The first kappa shape index (κ1) is 14.1. The Hall–Kier alpha value is -1.97. The van der Waals surface area contributed by atoms with Crippen LogP contribution in [0.4, 0.5) is 5.69 Å². The molecule has 0 heterocycles. The predicted molar refractivity (Wildman–Crippen MR) is 73.3 cm³/mol. The summed E-state index contributed by atoms with van der Waals surface area (Å²) in [4.78, 5) is 1.91. The Kier molecular flexibility index (Phi) is 5.77. The third-order valence-electron chi connectivity index (χ3n) is 2.54. The van der Waals surface area contributed by atoms with Crippen molar-refractivity contribution in [2.45, 2.75) is 19.3 Å². The van der Waals surface area contributed by atoms with Crippen molar-refractivity contribution in [3.8, 4) is 17.9 Å². The van der Waals surface area contributed by atoms with Crippen molar-refractivity contribution < 1.29 is 5.11 Å². The number of rotatable bonds is 4. The minimum atomic E-state index is 0.226. The zero-order valence-corrected chi connectivity index (χ0v) is 10.9. The van der Waals surface area contributed by atoms with Crippen molar-refractivity contribution in [2.75, 3.05) is 25.6 Å². The quantitative estimate of drug-likeness (QED) is 0.650. The van der Waals surface area contributed by atoms with E-state index in [0.717, 1.165) is 30.5 Å². The fraction of sp³-hybridized carbons (Fsp3) is 0.400. The Labute approximate surface area is 109 Å². The second-order valence-corrected chi connectivity index (χ2v) is 4.22. The first-order valence-corrected chi connectivity index (χ1v) is 6.00. The van der Waals surface area contributed by atoms with Crippen molar-refractivity contribution in [3.05, 3.63) is 29.3 Å². The topological polar surface area (TPSA) is 47.3 Å². The molecule has 0 atom stereocenters. The molecule has 0 aromatic heterocycles. The molecule has 3 nitrogen and oxygen atoms in total. The monoisotopic (exact) mass is 242 g/mol. The maximum Gasteiger partial charge on any atom is 0.101 e. The Morgan fingerprint density at radius 2 is 2.06 bits per heavy atom. The Morgan fingerprint density at radius 1 is 1.28 bits per heavy atom. The molecule has 0 unspecified atom stereocenters. The summed E-state index contributed by atoms with van der Waals surface area (Å²) in [6, 6.07) is 7.76. The van der Waals surface area contributed by atoms with Gasteiger partial charge in [-0.3, -0.25) is 0 Å². The average molecular weight is 242 g/mol.